The van der Waals surface area contributed by atoms with Gasteiger partial charge in [0.05, 0.1) is 17.1 Å². The Morgan fingerprint density at radius 1 is 0.383 bits per heavy atom. The second kappa shape index (κ2) is 16.8. The van der Waals surface area contributed by atoms with Crippen molar-refractivity contribution in [2.24, 2.45) is 0 Å². The van der Waals surface area contributed by atoms with Crippen LogP contribution in [0.2, 0.25) is 0 Å². The van der Waals surface area contributed by atoms with Crippen LogP contribution in [0, 0.1) is 102 Å². The summed E-state index contributed by atoms with van der Waals surface area (Å²) in [5, 5.41) is 0. The monoisotopic (exact) mass is 787 g/mol. The molecule has 0 aliphatic heterocycles. The Hall–Kier alpha value is -6.24. The average molecular weight is 788 g/mol. The van der Waals surface area contributed by atoms with E-state index in [1.54, 1.807) is 0 Å². The molecule has 1 atom stereocenters. The smallest absolute Gasteiger partial charge is 0.114 e. The van der Waals surface area contributed by atoms with Gasteiger partial charge in [0.15, 0.2) is 0 Å². The van der Waals surface area contributed by atoms with Crippen molar-refractivity contribution in [3.05, 3.63) is 187 Å². The molecule has 0 spiro atoms. The molecule has 0 fully saturated rings. The van der Waals surface area contributed by atoms with E-state index in [1.807, 2.05) is 6.08 Å². The van der Waals surface area contributed by atoms with Crippen LogP contribution in [0.15, 0.2) is 115 Å². The van der Waals surface area contributed by atoms with Gasteiger partial charge in [0.25, 0.3) is 0 Å². The maximum atomic E-state index is 3.69. The lowest BCUT2D eigenvalue weighted by Gasteiger charge is -2.41. The molecule has 0 N–H and O–H groups in total. The Bertz CT molecular complexity index is 2550. The summed E-state index contributed by atoms with van der Waals surface area (Å²) < 4.78 is 0. The first-order valence-electron chi connectivity index (χ1n) is 21.3. The molecule has 0 radical (unpaired) electrons. The van der Waals surface area contributed by atoms with E-state index in [-0.39, 0.29) is 6.04 Å². The van der Waals surface area contributed by atoms with E-state index < -0.39 is 0 Å². The normalized spacial score (nSPS) is 13.4. The van der Waals surface area contributed by atoms with Crippen LogP contribution in [0.4, 0.5) is 45.5 Å². The molecule has 0 amide bonds. The molecule has 1 unspecified atom stereocenters. The van der Waals surface area contributed by atoms with Crippen molar-refractivity contribution in [3.8, 4) is 11.8 Å². The fourth-order valence-corrected chi connectivity index (χ4v) is 9.39. The Morgan fingerprint density at radius 3 is 1.03 bits per heavy atom. The zero-order valence-corrected chi connectivity index (χ0v) is 38.3. The minimum Gasteiger partial charge on any atom is -0.323 e. The quantitative estimate of drug-likeness (QED) is 0.135. The number of rotatable bonds is 9. The van der Waals surface area contributed by atoms with Crippen LogP contribution in [0.25, 0.3) is 0 Å². The van der Waals surface area contributed by atoms with Crippen LogP contribution in [0.1, 0.15) is 79.2 Å². The molecular weight excluding hydrogens is 727 g/mol. The largest absolute Gasteiger partial charge is 0.323 e. The Balaban J connectivity index is 1.72. The van der Waals surface area contributed by atoms with E-state index in [1.165, 1.54) is 83.7 Å². The second-order valence-corrected chi connectivity index (χ2v) is 17.4. The minimum atomic E-state index is -0.229. The molecule has 0 heterocycles. The minimum absolute atomic E-state index is 0.229. The lowest BCUT2D eigenvalue weighted by molar-refractivity contribution is 0.945. The van der Waals surface area contributed by atoms with Gasteiger partial charge in [-0.2, -0.15) is 0 Å². The van der Waals surface area contributed by atoms with Gasteiger partial charge in [-0.25, -0.2) is 0 Å². The molecule has 6 aromatic rings. The SMILES string of the molecule is CC1=CC#CC(N(c2ccc(C)cc2C)c2c(C)c(N(c3ccc(C)cc3C)c3ccc(C)cc3C)c(C)c(N(c3ccc(C)cc3C)c3ccc(C)cc3C)c2C)C=C1. The molecule has 304 valence electrons. The molecular formula is C57H61N3. The first kappa shape index (κ1) is 41.9. The van der Waals surface area contributed by atoms with Gasteiger partial charge in [-0.3, -0.25) is 0 Å². The topological polar surface area (TPSA) is 9.72 Å². The first-order chi connectivity index (χ1) is 28.5. The highest BCUT2D eigenvalue weighted by Crippen LogP contribution is 2.54. The van der Waals surface area contributed by atoms with E-state index in [0.717, 1.165) is 39.7 Å². The van der Waals surface area contributed by atoms with E-state index in [9.17, 15) is 0 Å². The summed E-state index contributed by atoms with van der Waals surface area (Å²) >= 11 is 0. The number of aryl methyl sites for hydroxylation is 10. The number of hydrogen-bond acceptors (Lipinski definition) is 3. The summed E-state index contributed by atoms with van der Waals surface area (Å²) in [6.07, 6.45) is 6.53. The zero-order chi connectivity index (χ0) is 43.2. The second-order valence-electron chi connectivity index (χ2n) is 17.4. The molecule has 6 aromatic carbocycles. The van der Waals surface area contributed by atoms with Gasteiger partial charge in [0.1, 0.15) is 6.04 Å². The van der Waals surface area contributed by atoms with E-state index >= 15 is 0 Å². The fraction of sp³-hybridized carbons (Fsp3) is 0.263. The van der Waals surface area contributed by atoms with Crippen LogP contribution in [-0.4, -0.2) is 6.04 Å². The summed E-state index contributed by atoms with van der Waals surface area (Å²) in [6.45, 7) is 31.3. The first-order valence-corrected chi connectivity index (χ1v) is 21.3. The van der Waals surface area contributed by atoms with E-state index in [2.05, 4.69) is 227 Å². The lowest BCUT2D eigenvalue weighted by Crippen LogP contribution is -2.32. The molecule has 7 rings (SSSR count). The molecule has 1 aliphatic rings. The Labute approximate surface area is 360 Å². The van der Waals surface area contributed by atoms with Crippen molar-refractivity contribution in [3.63, 3.8) is 0 Å². The third-order valence-electron chi connectivity index (χ3n) is 12.2. The molecule has 0 saturated carbocycles. The summed E-state index contributed by atoms with van der Waals surface area (Å²) in [5.74, 6) is 7.13. The van der Waals surface area contributed by atoms with Crippen molar-refractivity contribution in [2.45, 2.75) is 103 Å². The van der Waals surface area contributed by atoms with Gasteiger partial charge in [-0.1, -0.05) is 106 Å². The van der Waals surface area contributed by atoms with Crippen LogP contribution < -0.4 is 14.7 Å². The summed E-state index contributed by atoms with van der Waals surface area (Å²) in [5.41, 5.74) is 26.4. The molecule has 0 saturated heterocycles. The van der Waals surface area contributed by atoms with Crippen LogP contribution >= 0.6 is 0 Å². The maximum Gasteiger partial charge on any atom is 0.114 e. The standard InChI is InChI=1S/C57H61N3/c1-35-16-15-17-49(24-18-35)58(50-25-19-36(2)30-41(50)7)55-46(12)56(59(51-26-20-37(3)31-42(51)8)52-27-21-38(4)32-43(52)9)48(14)57(47(55)13)60(53-28-22-39(5)33-44(53)10)54-29-23-40(6)34-45(54)11/h16,18-34,49H,1-14H3. The fourth-order valence-electron chi connectivity index (χ4n) is 9.39. The van der Waals surface area contributed by atoms with Gasteiger partial charge in [-0.15, -0.1) is 0 Å². The van der Waals surface area contributed by atoms with Crippen LogP contribution in [-0.2, 0) is 0 Å². The van der Waals surface area contributed by atoms with Gasteiger partial charge in [0.2, 0.25) is 0 Å². The van der Waals surface area contributed by atoms with Crippen molar-refractivity contribution >= 4 is 45.5 Å². The zero-order valence-electron chi connectivity index (χ0n) is 38.3. The third kappa shape index (κ3) is 7.92. The number of hydrogen-bond donors (Lipinski definition) is 0. The number of anilines is 8. The van der Waals surface area contributed by atoms with Gasteiger partial charge >= 0.3 is 0 Å². The maximum absolute atomic E-state index is 3.69. The Kier molecular flexibility index (Phi) is 11.7. The Morgan fingerprint density at radius 2 is 0.700 bits per heavy atom. The summed E-state index contributed by atoms with van der Waals surface area (Å²) in [4.78, 5) is 7.61. The van der Waals surface area contributed by atoms with Crippen LogP contribution in [0.5, 0.6) is 0 Å². The highest BCUT2D eigenvalue weighted by atomic mass is 15.2. The summed E-state index contributed by atoms with van der Waals surface area (Å²) in [6, 6.07) is 34.1. The predicted molar refractivity (Wildman–Crippen MR) is 260 cm³/mol. The van der Waals surface area contributed by atoms with Crippen molar-refractivity contribution < 1.29 is 0 Å². The summed E-state index contributed by atoms with van der Waals surface area (Å²) in [7, 11) is 0. The number of benzene rings is 6. The van der Waals surface area contributed by atoms with E-state index in [4.69, 9.17) is 0 Å². The molecule has 0 bridgehead atoms. The van der Waals surface area contributed by atoms with Crippen molar-refractivity contribution in [2.75, 3.05) is 14.7 Å². The molecule has 3 heteroatoms. The van der Waals surface area contributed by atoms with E-state index in [0.29, 0.717) is 0 Å². The molecule has 3 nitrogen and oxygen atoms in total. The molecule has 60 heavy (non-hydrogen) atoms. The van der Waals surface area contributed by atoms with Gasteiger partial charge in [-0.05, 0) is 189 Å². The third-order valence-corrected chi connectivity index (χ3v) is 12.2. The molecule has 0 aromatic heterocycles. The van der Waals surface area contributed by atoms with Crippen molar-refractivity contribution in [1.29, 1.82) is 0 Å². The van der Waals surface area contributed by atoms with Gasteiger partial charge < -0.3 is 14.7 Å². The average Bonchev–Trinajstić information content (AvgIpc) is 3.39. The van der Waals surface area contributed by atoms with Crippen LogP contribution in [0.3, 0.4) is 0 Å². The lowest BCUT2D eigenvalue weighted by atomic mass is 9.92. The number of nitrogens with zero attached hydrogens (tertiary/aromatic N) is 3. The highest BCUT2D eigenvalue weighted by molar-refractivity contribution is 5.97. The van der Waals surface area contributed by atoms with Crippen molar-refractivity contribution in [1.82, 2.24) is 0 Å². The molecule has 1 aliphatic carbocycles. The highest BCUT2D eigenvalue weighted by Gasteiger charge is 2.33. The predicted octanol–water partition coefficient (Wildman–Crippen LogP) is 15.7. The van der Waals surface area contributed by atoms with Gasteiger partial charge in [0, 0.05) is 28.4 Å². The number of allylic oxidation sites excluding steroid dienone is 3.